The third kappa shape index (κ3) is 8.95. The zero-order chi connectivity index (χ0) is 19.4. The lowest BCUT2D eigenvalue weighted by atomic mass is 9.88. The van der Waals surface area contributed by atoms with E-state index in [1.54, 1.807) is 6.08 Å². The molecule has 3 N–H and O–H groups in total. The van der Waals surface area contributed by atoms with Crippen molar-refractivity contribution in [1.82, 2.24) is 0 Å². The van der Waals surface area contributed by atoms with E-state index < -0.39 is 18.2 Å². The molecule has 0 aliphatic heterocycles. The number of hydrogen-bond acceptors (Lipinski definition) is 4. The van der Waals surface area contributed by atoms with Gasteiger partial charge in [-0.05, 0) is 19.3 Å². The Morgan fingerprint density at radius 1 is 1.15 bits per heavy atom. The van der Waals surface area contributed by atoms with E-state index in [0.717, 1.165) is 57.8 Å². The summed E-state index contributed by atoms with van der Waals surface area (Å²) < 4.78 is 0. The standard InChI is InChI=1S/C21H36O5/c1-2-3-7-10-16(22)13-14-18-17(19(23)15-20(18)24)11-8-5-4-6-9-12-21(25)26/h13-14,16-18,20,22,24H,2-12,15H2,1H3,(H,25,26)/b14-13+. The maximum Gasteiger partial charge on any atom is 0.303 e. The van der Waals surface area contributed by atoms with Crippen LogP contribution in [-0.2, 0) is 9.59 Å². The molecular formula is C21H36O5. The number of hydrogen-bond donors (Lipinski definition) is 3. The first-order valence-electron chi connectivity index (χ1n) is 10.2. The maximum atomic E-state index is 12.2. The number of aliphatic carboxylic acids is 1. The quantitative estimate of drug-likeness (QED) is 0.320. The van der Waals surface area contributed by atoms with Gasteiger partial charge in [0.2, 0.25) is 0 Å². The second-order valence-electron chi connectivity index (χ2n) is 7.57. The van der Waals surface area contributed by atoms with Crippen molar-refractivity contribution in [1.29, 1.82) is 0 Å². The van der Waals surface area contributed by atoms with Crippen molar-refractivity contribution in [3.8, 4) is 0 Å². The van der Waals surface area contributed by atoms with Gasteiger partial charge in [-0.3, -0.25) is 9.59 Å². The molecule has 1 rings (SSSR count). The van der Waals surface area contributed by atoms with Crippen molar-refractivity contribution in [2.45, 2.75) is 96.2 Å². The van der Waals surface area contributed by atoms with Gasteiger partial charge in [0.1, 0.15) is 5.78 Å². The highest BCUT2D eigenvalue weighted by atomic mass is 16.4. The molecule has 1 saturated carbocycles. The van der Waals surface area contributed by atoms with E-state index in [-0.39, 0.29) is 30.5 Å². The van der Waals surface area contributed by atoms with Gasteiger partial charge >= 0.3 is 5.97 Å². The SMILES string of the molecule is CCCCCC(O)/C=C/C1C(O)CC(=O)C1CCCCCCCC(=O)O. The van der Waals surface area contributed by atoms with Gasteiger partial charge in [-0.15, -0.1) is 0 Å². The lowest BCUT2D eigenvalue weighted by molar-refractivity contribution is -0.137. The number of Topliss-reactive ketones (excluding diaryl/α,β-unsaturated/α-hetero) is 1. The van der Waals surface area contributed by atoms with Crippen molar-refractivity contribution in [3.05, 3.63) is 12.2 Å². The van der Waals surface area contributed by atoms with Crippen LogP contribution in [-0.4, -0.2) is 39.3 Å². The molecule has 0 spiro atoms. The highest BCUT2D eigenvalue weighted by Crippen LogP contribution is 2.34. The second kappa shape index (κ2) is 13.0. The number of carboxylic acids is 1. The average molecular weight is 369 g/mol. The first-order valence-corrected chi connectivity index (χ1v) is 10.2. The monoisotopic (exact) mass is 368 g/mol. The van der Waals surface area contributed by atoms with E-state index in [0.29, 0.717) is 6.42 Å². The van der Waals surface area contributed by atoms with Crippen molar-refractivity contribution in [2.75, 3.05) is 0 Å². The van der Waals surface area contributed by atoms with Crippen LogP contribution in [0.5, 0.6) is 0 Å². The first kappa shape index (κ1) is 22.8. The average Bonchev–Trinajstić information content (AvgIpc) is 2.85. The van der Waals surface area contributed by atoms with Crippen LogP contribution in [0.1, 0.15) is 84.0 Å². The fraction of sp³-hybridized carbons (Fsp3) is 0.810. The Bertz CT molecular complexity index is 446. The Morgan fingerprint density at radius 2 is 1.85 bits per heavy atom. The summed E-state index contributed by atoms with van der Waals surface area (Å²) in [5.74, 6) is -0.959. The van der Waals surface area contributed by atoms with Crippen LogP contribution >= 0.6 is 0 Å². The molecule has 5 nitrogen and oxygen atoms in total. The Hall–Kier alpha value is -1.20. The minimum atomic E-state index is -0.748. The molecule has 1 aliphatic rings. The van der Waals surface area contributed by atoms with Crippen LogP contribution in [0.15, 0.2) is 12.2 Å². The largest absolute Gasteiger partial charge is 0.481 e. The molecule has 150 valence electrons. The predicted octanol–water partition coefficient (Wildman–Crippen LogP) is 3.87. The highest BCUT2D eigenvalue weighted by Gasteiger charge is 2.39. The van der Waals surface area contributed by atoms with E-state index in [4.69, 9.17) is 5.11 Å². The number of carbonyl (C=O) groups is 2. The molecular weight excluding hydrogens is 332 g/mol. The molecule has 0 heterocycles. The van der Waals surface area contributed by atoms with Gasteiger partial charge in [0.25, 0.3) is 0 Å². The van der Waals surface area contributed by atoms with Gasteiger partial charge in [-0.2, -0.15) is 0 Å². The van der Waals surface area contributed by atoms with Gasteiger partial charge in [0.15, 0.2) is 0 Å². The summed E-state index contributed by atoms with van der Waals surface area (Å²) in [5.41, 5.74) is 0. The number of carboxylic acid groups (broad SMARTS) is 1. The normalized spacial score (nSPS) is 24.4. The summed E-state index contributed by atoms with van der Waals surface area (Å²) in [5, 5.41) is 28.8. The van der Waals surface area contributed by atoms with Crippen molar-refractivity contribution >= 4 is 11.8 Å². The van der Waals surface area contributed by atoms with Crippen LogP contribution in [0.25, 0.3) is 0 Å². The summed E-state index contributed by atoms with van der Waals surface area (Å²) in [6.45, 7) is 2.12. The summed E-state index contributed by atoms with van der Waals surface area (Å²) in [6.07, 6.45) is 12.1. The molecule has 0 amide bonds. The topological polar surface area (TPSA) is 94.8 Å². The lowest BCUT2D eigenvalue weighted by Crippen LogP contribution is -2.19. The van der Waals surface area contributed by atoms with Crippen LogP contribution in [0.4, 0.5) is 0 Å². The van der Waals surface area contributed by atoms with Crippen LogP contribution < -0.4 is 0 Å². The van der Waals surface area contributed by atoms with Gasteiger partial charge in [0, 0.05) is 24.7 Å². The molecule has 26 heavy (non-hydrogen) atoms. The molecule has 0 saturated heterocycles. The Morgan fingerprint density at radius 3 is 2.54 bits per heavy atom. The third-order valence-corrected chi connectivity index (χ3v) is 5.30. The van der Waals surface area contributed by atoms with Crippen LogP contribution in [0.3, 0.4) is 0 Å². The lowest BCUT2D eigenvalue weighted by Gasteiger charge is -2.18. The molecule has 4 unspecified atom stereocenters. The molecule has 0 aromatic carbocycles. The molecule has 5 heteroatoms. The molecule has 0 aromatic heterocycles. The van der Waals surface area contributed by atoms with Crippen molar-refractivity contribution in [2.24, 2.45) is 11.8 Å². The number of carbonyl (C=O) groups excluding carboxylic acids is 1. The number of aliphatic hydroxyl groups excluding tert-OH is 2. The molecule has 1 fully saturated rings. The predicted molar refractivity (Wildman–Crippen MR) is 102 cm³/mol. The van der Waals surface area contributed by atoms with E-state index in [2.05, 4.69) is 6.92 Å². The fourth-order valence-corrected chi connectivity index (χ4v) is 3.72. The van der Waals surface area contributed by atoms with Gasteiger partial charge in [-0.1, -0.05) is 64.0 Å². The zero-order valence-corrected chi connectivity index (χ0v) is 16.1. The van der Waals surface area contributed by atoms with Crippen molar-refractivity contribution < 1.29 is 24.9 Å². The fourth-order valence-electron chi connectivity index (χ4n) is 3.72. The zero-order valence-electron chi connectivity index (χ0n) is 16.1. The molecule has 1 aliphatic carbocycles. The summed E-state index contributed by atoms with van der Waals surface area (Å²) >= 11 is 0. The molecule has 0 bridgehead atoms. The van der Waals surface area contributed by atoms with Crippen LogP contribution in [0, 0.1) is 11.8 Å². The van der Waals surface area contributed by atoms with Gasteiger partial charge in [0.05, 0.1) is 12.2 Å². The first-order chi connectivity index (χ1) is 12.5. The Kier molecular flexibility index (Phi) is 11.5. The molecule has 0 radical (unpaired) electrons. The number of unbranched alkanes of at least 4 members (excludes halogenated alkanes) is 6. The van der Waals surface area contributed by atoms with E-state index in [1.165, 1.54) is 0 Å². The minimum absolute atomic E-state index is 0.124. The van der Waals surface area contributed by atoms with E-state index >= 15 is 0 Å². The Balaban J connectivity index is 2.34. The number of rotatable bonds is 14. The smallest absolute Gasteiger partial charge is 0.303 e. The Labute approximate surface area is 157 Å². The summed E-state index contributed by atoms with van der Waals surface area (Å²) in [6, 6.07) is 0. The van der Waals surface area contributed by atoms with E-state index in [9.17, 15) is 19.8 Å². The minimum Gasteiger partial charge on any atom is -0.481 e. The maximum absolute atomic E-state index is 12.2. The third-order valence-electron chi connectivity index (χ3n) is 5.30. The molecule has 4 atom stereocenters. The summed E-state index contributed by atoms with van der Waals surface area (Å²) in [4.78, 5) is 22.6. The number of ketones is 1. The highest BCUT2D eigenvalue weighted by molar-refractivity contribution is 5.84. The second-order valence-corrected chi connectivity index (χ2v) is 7.57. The number of aliphatic hydroxyl groups is 2. The van der Waals surface area contributed by atoms with Crippen molar-refractivity contribution in [3.63, 3.8) is 0 Å². The molecule has 0 aromatic rings. The van der Waals surface area contributed by atoms with Crippen LogP contribution in [0.2, 0.25) is 0 Å². The van der Waals surface area contributed by atoms with Gasteiger partial charge in [-0.25, -0.2) is 0 Å². The summed E-state index contributed by atoms with van der Waals surface area (Å²) in [7, 11) is 0. The van der Waals surface area contributed by atoms with E-state index in [1.807, 2.05) is 6.08 Å². The van der Waals surface area contributed by atoms with Gasteiger partial charge < -0.3 is 15.3 Å².